The normalized spacial score (nSPS) is 22.2. The third-order valence-corrected chi connectivity index (χ3v) is 4.73. The Balaban J connectivity index is 2.10. The largest absolute Gasteiger partial charge is 0.462 e. The topological polar surface area (TPSA) is 81.4 Å². The van der Waals surface area contributed by atoms with Crippen molar-refractivity contribution in [1.82, 2.24) is 0 Å². The van der Waals surface area contributed by atoms with Gasteiger partial charge in [0.25, 0.3) is 0 Å². The maximum atomic E-state index is 11.8. The lowest BCUT2D eigenvalue weighted by Crippen LogP contribution is -2.29. The van der Waals surface area contributed by atoms with Crippen molar-refractivity contribution < 1.29 is 13.7 Å². The monoisotopic (exact) mass is 296 g/mol. The molecule has 3 N–H and O–H groups in total. The Morgan fingerprint density at radius 3 is 2.80 bits per heavy atom. The fourth-order valence-corrected chi connectivity index (χ4v) is 3.53. The number of carbonyl (C=O) groups is 1. The minimum absolute atomic E-state index is 0.257. The molecule has 0 unspecified atom stereocenters. The van der Waals surface area contributed by atoms with Crippen molar-refractivity contribution in [3.05, 3.63) is 23.8 Å². The van der Waals surface area contributed by atoms with Crippen LogP contribution in [0.1, 0.15) is 30.1 Å². The van der Waals surface area contributed by atoms with Crippen LogP contribution in [-0.4, -0.2) is 34.3 Å². The molecule has 0 spiro atoms. The second-order valence-corrected chi connectivity index (χ2v) is 6.45. The highest BCUT2D eigenvalue weighted by molar-refractivity contribution is 7.85. The minimum atomic E-state index is -0.684. The van der Waals surface area contributed by atoms with Gasteiger partial charge in [-0.3, -0.25) is 4.21 Å². The van der Waals surface area contributed by atoms with Crippen molar-refractivity contribution in [2.24, 2.45) is 0 Å². The summed E-state index contributed by atoms with van der Waals surface area (Å²) in [5.41, 5.74) is 7.58. The minimum Gasteiger partial charge on any atom is -0.462 e. The van der Waals surface area contributed by atoms with Gasteiger partial charge in [0.05, 0.1) is 23.5 Å². The molecule has 0 aliphatic carbocycles. The Bertz CT molecular complexity index is 509. The molecule has 0 amide bonds. The average molecular weight is 296 g/mol. The van der Waals surface area contributed by atoms with Gasteiger partial charge in [0.2, 0.25) is 0 Å². The predicted octanol–water partition coefficient (Wildman–Crippen LogP) is 1.77. The molecular formula is C14H20N2O3S. The number of ether oxygens (including phenoxy) is 1. The lowest BCUT2D eigenvalue weighted by atomic mass is 10.1. The van der Waals surface area contributed by atoms with Gasteiger partial charge in [0.15, 0.2) is 0 Å². The molecule has 0 bridgehead atoms. The molecule has 1 heterocycles. The first-order valence-corrected chi connectivity index (χ1v) is 8.27. The van der Waals surface area contributed by atoms with Crippen LogP contribution in [0.5, 0.6) is 0 Å². The molecule has 2 rings (SSSR count). The van der Waals surface area contributed by atoms with E-state index < -0.39 is 16.8 Å². The number of rotatable bonds is 4. The first-order chi connectivity index (χ1) is 9.61. The molecule has 1 fully saturated rings. The van der Waals surface area contributed by atoms with E-state index in [1.54, 1.807) is 19.1 Å². The number of nitrogen functional groups attached to an aromatic ring is 1. The van der Waals surface area contributed by atoms with Gasteiger partial charge in [0.1, 0.15) is 0 Å². The fraction of sp³-hybridized carbons (Fsp3) is 0.500. The number of anilines is 2. The maximum Gasteiger partial charge on any atom is 0.340 e. The van der Waals surface area contributed by atoms with Crippen LogP contribution in [0.2, 0.25) is 0 Å². The van der Waals surface area contributed by atoms with E-state index in [1.807, 2.05) is 6.07 Å². The second-order valence-electron chi connectivity index (χ2n) is 4.75. The summed E-state index contributed by atoms with van der Waals surface area (Å²) in [6, 6.07) is 5.55. The number of nitrogens with two attached hydrogens (primary N) is 1. The number of benzene rings is 1. The molecule has 110 valence electrons. The van der Waals surface area contributed by atoms with Crippen LogP contribution in [0.3, 0.4) is 0 Å². The summed E-state index contributed by atoms with van der Waals surface area (Å²) in [4.78, 5) is 11.8. The van der Waals surface area contributed by atoms with Crippen molar-refractivity contribution in [1.29, 1.82) is 0 Å². The first kappa shape index (κ1) is 14.8. The van der Waals surface area contributed by atoms with E-state index in [2.05, 4.69) is 5.32 Å². The number of hydrogen-bond donors (Lipinski definition) is 2. The highest BCUT2D eigenvalue weighted by atomic mass is 32.2. The van der Waals surface area contributed by atoms with E-state index >= 15 is 0 Å². The lowest BCUT2D eigenvalue weighted by Gasteiger charge is -2.24. The summed E-state index contributed by atoms with van der Waals surface area (Å²) in [6.45, 7) is 2.09. The molecule has 0 radical (unpaired) electrons. The van der Waals surface area contributed by atoms with Gasteiger partial charge in [-0.25, -0.2) is 4.79 Å². The van der Waals surface area contributed by atoms with Crippen LogP contribution < -0.4 is 11.1 Å². The molecule has 1 aromatic carbocycles. The van der Waals surface area contributed by atoms with Gasteiger partial charge in [-0.2, -0.15) is 0 Å². The lowest BCUT2D eigenvalue weighted by molar-refractivity contribution is 0.0527. The van der Waals surface area contributed by atoms with E-state index in [4.69, 9.17) is 10.5 Å². The van der Waals surface area contributed by atoms with Gasteiger partial charge in [-0.1, -0.05) is 6.07 Å². The molecule has 0 atom stereocenters. The zero-order chi connectivity index (χ0) is 14.5. The van der Waals surface area contributed by atoms with Gasteiger partial charge >= 0.3 is 5.97 Å². The Morgan fingerprint density at radius 2 is 2.15 bits per heavy atom. The molecule has 0 saturated carbocycles. The first-order valence-electron chi connectivity index (χ1n) is 6.79. The van der Waals surface area contributed by atoms with Crippen molar-refractivity contribution in [2.45, 2.75) is 25.8 Å². The smallest absolute Gasteiger partial charge is 0.340 e. The number of hydrogen-bond acceptors (Lipinski definition) is 5. The summed E-state index contributed by atoms with van der Waals surface area (Å²) in [7, 11) is -0.684. The average Bonchev–Trinajstić information content (AvgIpc) is 2.44. The van der Waals surface area contributed by atoms with Gasteiger partial charge in [0, 0.05) is 28.3 Å². The van der Waals surface area contributed by atoms with Crippen LogP contribution in [0.25, 0.3) is 0 Å². The summed E-state index contributed by atoms with van der Waals surface area (Å²) in [5.74, 6) is 1.03. The number of para-hydroxylation sites is 1. The van der Waals surface area contributed by atoms with Crippen LogP contribution in [-0.2, 0) is 15.5 Å². The van der Waals surface area contributed by atoms with Crippen LogP contribution in [0.15, 0.2) is 18.2 Å². The van der Waals surface area contributed by atoms with E-state index in [0.29, 0.717) is 17.9 Å². The van der Waals surface area contributed by atoms with E-state index in [-0.39, 0.29) is 6.04 Å². The van der Waals surface area contributed by atoms with Crippen molar-refractivity contribution in [3.8, 4) is 0 Å². The molecule has 1 aliphatic rings. The number of carbonyl (C=O) groups excluding carboxylic acids is 1. The molecular weight excluding hydrogens is 276 g/mol. The summed E-state index contributed by atoms with van der Waals surface area (Å²) in [6.07, 6.45) is 1.71. The zero-order valence-electron chi connectivity index (χ0n) is 11.6. The van der Waals surface area contributed by atoms with Gasteiger partial charge in [-0.05, 0) is 31.9 Å². The Hall–Kier alpha value is -1.56. The second kappa shape index (κ2) is 6.74. The van der Waals surface area contributed by atoms with Gasteiger partial charge in [-0.15, -0.1) is 0 Å². The third kappa shape index (κ3) is 3.50. The Labute approximate surface area is 121 Å². The molecule has 20 heavy (non-hydrogen) atoms. The molecule has 5 nitrogen and oxygen atoms in total. The molecule has 1 saturated heterocycles. The van der Waals surface area contributed by atoms with E-state index in [9.17, 15) is 9.00 Å². The van der Waals surface area contributed by atoms with Crippen molar-refractivity contribution >= 4 is 28.1 Å². The van der Waals surface area contributed by atoms with Crippen molar-refractivity contribution in [3.63, 3.8) is 0 Å². The summed E-state index contributed by atoms with van der Waals surface area (Å²) >= 11 is 0. The van der Waals surface area contributed by atoms with Gasteiger partial charge < -0.3 is 15.8 Å². The SMILES string of the molecule is CCOC(=O)c1cccc(NC2CCS(=O)CC2)c1N. The predicted molar refractivity (Wildman–Crippen MR) is 81.3 cm³/mol. The highest BCUT2D eigenvalue weighted by Gasteiger charge is 2.20. The van der Waals surface area contributed by atoms with Crippen molar-refractivity contribution in [2.75, 3.05) is 29.2 Å². The Kier molecular flexibility index (Phi) is 5.00. The van der Waals surface area contributed by atoms with Crippen LogP contribution >= 0.6 is 0 Å². The quantitative estimate of drug-likeness (QED) is 0.653. The maximum absolute atomic E-state index is 11.8. The van der Waals surface area contributed by atoms with Crippen LogP contribution in [0, 0.1) is 0 Å². The Morgan fingerprint density at radius 1 is 1.45 bits per heavy atom. The standard InChI is InChI=1S/C14H20N2O3S/c1-2-19-14(17)11-4-3-5-12(13(11)15)16-10-6-8-20(18)9-7-10/h3-5,10,16H,2,6-9,15H2,1H3. The molecule has 1 aromatic rings. The highest BCUT2D eigenvalue weighted by Crippen LogP contribution is 2.26. The summed E-state index contributed by atoms with van der Waals surface area (Å²) < 4.78 is 16.3. The molecule has 6 heteroatoms. The molecule has 1 aliphatic heterocycles. The van der Waals surface area contributed by atoms with E-state index in [0.717, 1.165) is 30.0 Å². The third-order valence-electron chi connectivity index (χ3n) is 3.35. The fourth-order valence-electron chi connectivity index (χ4n) is 2.24. The van der Waals surface area contributed by atoms with Crippen LogP contribution in [0.4, 0.5) is 11.4 Å². The summed E-state index contributed by atoms with van der Waals surface area (Å²) in [5, 5.41) is 3.34. The number of nitrogens with one attached hydrogen (secondary N) is 1. The zero-order valence-corrected chi connectivity index (χ0v) is 12.4. The number of esters is 1. The molecule has 0 aromatic heterocycles. The van der Waals surface area contributed by atoms with E-state index in [1.165, 1.54) is 0 Å².